The van der Waals surface area contributed by atoms with Crippen molar-refractivity contribution in [1.29, 1.82) is 0 Å². The molecule has 0 aliphatic rings. The van der Waals surface area contributed by atoms with Crippen LogP contribution in [0, 0.1) is 10.1 Å². The summed E-state index contributed by atoms with van der Waals surface area (Å²) in [6.07, 6.45) is 1.34. The summed E-state index contributed by atoms with van der Waals surface area (Å²) in [5, 5.41) is 11.3. The lowest BCUT2D eigenvalue weighted by Crippen LogP contribution is -1.96. The minimum Gasteiger partial charge on any atom is -0.258 e. The Hall–Kier alpha value is -1.09. The van der Waals surface area contributed by atoms with E-state index in [1.54, 1.807) is 12.1 Å². The summed E-state index contributed by atoms with van der Waals surface area (Å²) in [7, 11) is 0. The molecule has 0 spiro atoms. The quantitative estimate of drug-likeness (QED) is 0.571. The molecule has 4 heteroatoms. The van der Waals surface area contributed by atoms with Crippen molar-refractivity contribution in [3.63, 3.8) is 0 Å². The van der Waals surface area contributed by atoms with Gasteiger partial charge in [-0.1, -0.05) is 25.4 Å². The van der Waals surface area contributed by atoms with Gasteiger partial charge in [0.15, 0.2) is 0 Å². The zero-order valence-corrected chi connectivity index (χ0v) is 8.97. The summed E-state index contributed by atoms with van der Waals surface area (Å²) in [6, 6.07) is 3.26. The van der Waals surface area contributed by atoms with Gasteiger partial charge in [-0.15, -0.1) is 0 Å². The standard InChI is InChI=1S/C10H12ClNO2/c1-3-7-6-10(12(13)14)8(4-2)5-9(7)11/h5-6H,3-4H2,1-2H3. The van der Waals surface area contributed by atoms with E-state index >= 15 is 0 Å². The molecule has 0 aliphatic carbocycles. The Morgan fingerprint density at radius 3 is 2.29 bits per heavy atom. The van der Waals surface area contributed by atoms with Crippen LogP contribution >= 0.6 is 11.6 Å². The largest absolute Gasteiger partial charge is 0.272 e. The molecular formula is C10H12ClNO2. The fourth-order valence-electron chi connectivity index (χ4n) is 1.37. The summed E-state index contributed by atoms with van der Waals surface area (Å²) in [4.78, 5) is 10.4. The van der Waals surface area contributed by atoms with Crippen molar-refractivity contribution in [3.05, 3.63) is 38.4 Å². The topological polar surface area (TPSA) is 43.1 Å². The third-order valence-electron chi connectivity index (χ3n) is 2.21. The van der Waals surface area contributed by atoms with Crippen LogP contribution in [-0.2, 0) is 12.8 Å². The number of hydrogen-bond acceptors (Lipinski definition) is 2. The van der Waals surface area contributed by atoms with Crippen LogP contribution in [0.25, 0.3) is 0 Å². The SMILES string of the molecule is CCc1cc([N+](=O)[O-])c(CC)cc1Cl. The van der Waals surface area contributed by atoms with Gasteiger partial charge in [0.2, 0.25) is 0 Å². The van der Waals surface area contributed by atoms with Crippen molar-refractivity contribution < 1.29 is 4.92 Å². The van der Waals surface area contributed by atoms with Crippen molar-refractivity contribution in [2.75, 3.05) is 0 Å². The van der Waals surface area contributed by atoms with E-state index in [1.165, 1.54) is 0 Å². The number of nitro groups is 1. The third kappa shape index (κ3) is 2.04. The van der Waals surface area contributed by atoms with E-state index in [9.17, 15) is 10.1 Å². The van der Waals surface area contributed by atoms with Gasteiger partial charge in [0, 0.05) is 16.7 Å². The zero-order valence-electron chi connectivity index (χ0n) is 8.21. The van der Waals surface area contributed by atoms with E-state index in [0.717, 1.165) is 5.56 Å². The minimum atomic E-state index is -0.353. The molecule has 0 bridgehead atoms. The van der Waals surface area contributed by atoms with Crippen molar-refractivity contribution in [1.82, 2.24) is 0 Å². The molecule has 0 aliphatic heterocycles. The highest BCUT2D eigenvalue weighted by Gasteiger charge is 2.15. The first-order valence-electron chi connectivity index (χ1n) is 4.55. The normalized spacial score (nSPS) is 10.2. The summed E-state index contributed by atoms with van der Waals surface area (Å²) in [5.74, 6) is 0. The number of rotatable bonds is 3. The smallest absolute Gasteiger partial charge is 0.258 e. The Kier molecular flexibility index (Phi) is 3.47. The molecule has 0 aromatic heterocycles. The van der Waals surface area contributed by atoms with Crippen LogP contribution in [0.15, 0.2) is 12.1 Å². The van der Waals surface area contributed by atoms with Crippen LogP contribution in [0.3, 0.4) is 0 Å². The number of hydrogen-bond donors (Lipinski definition) is 0. The molecular weight excluding hydrogens is 202 g/mol. The predicted molar refractivity (Wildman–Crippen MR) is 56.9 cm³/mol. The molecule has 0 fully saturated rings. The van der Waals surface area contributed by atoms with Crippen LogP contribution in [0.1, 0.15) is 25.0 Å². The van der Waals surface area contributed by atoms with Gasteiger partial charge < -0.3 is 0 Å². The Balaban J connectivity index is 3.32. The summed E-state index contributed by atoms with van der Waals surface area (Å²) in [6.45, 7) is 3.81. The first-order valence-corrected chi connectivity index (χ1v) is 4.93. The molecule has 0 amide bonds. The number of benzene rings is 1. The van der Waals surface area contributed by atoms with Crippen LogP contribution in [0.2, 0.25) is 5.02 Å². The molecule has 1 aromatic rings. The average molecular weight is 214 g/mol. The Morgan fingerprint density at radius 2 is 1.86 bits per heavy atom. The van der Waals surface area contributed by atoms with Crippen molar-refractivity contribution in [3.8, 4) is 0 Å². The van der Waals surface area contributed by atoms with Gasteiger partial charge >= 0.3 is 0 Å². The average Bonchev–Trinajstić information content (AvgIpc) is 2.16. The predicted octanol–water partition coefficient (Wildman–Crippen LogP) is 3.37. The van der Waals surface area contributed by atoms with Gasteiger partial charge in [-0.3, -0.25) is 10.1 Å². The summed E-state index contributed by atoms with van der Waals surface area (Å²) < 4.78 is 0. The van der Waals surface area contributed by atoms with E-state index in [-0.39, 0.29) is 10.6 Å². The summed E-state index contributed by atoms with van der Waals surface area (Å²) >= 11 is 5.96. The molecule has 0 saturated carbocycles. The van der Waals surface area contributed by atoms with Gasteiger partial charge in [0.1, 0.15) is 0 Å². The third-order valence-corrected chi connectivity index (χ3v) is 2.56. The molecule has 1 rings (SSSR count). The Bertz CT molecular complexity index is 363. The highest BCUT2D eigenvalue weighted by Crippen LogP contribution is 2.27. The lowest BCUT2D eigenvalue weighted by molar-refractivity contribution is -0.385. The zero-order chi connectivity index (χ0) is 10.7. The molecule has 0 heterocycles. The molecule has 3 nitrogen and oxygen atoms in total. The molecule has 14 heavy (non-hydrogen) atoms. The van der Waals surface area contributed by atoms with Gasteiger partial charge in [-0.25, -0.2) is 0 Å². The van der Waals surface area contributed by atoms with E-state index < -0.39 is 0 Å². The second-order valence-corrected chi connectivity index (χ2v) is 3.44. The lowest BCUT2D eigenvalue weighted by Gasteiger charge is -2.04. The molecule has 76 valence electrons. The van der Waals surface area contributed by atoms with E-state index in [2.05, 4.69) is 0 Å². The molecule has 0 unspecified atom stereocenters. The number of halogens is 1. The monoisotopic (exact) mass is 213 g/mol. The minimum absolute atomic E-state index is 0.175. The highest BCUT2D eigenvalue weighted by atomic mass is 35.5. The highest BCUT2D eigenvalue weighted by molar-refractivity contribution is 6.31. The van der Waals surface area contributed by atoms with E-state index in [4.69, 9.17) is 11.6 Å². The second kappa shape index (κ2) is 4.42. The fourth-order valence-corrected chi connectivity index (χ4v) is 1.69. The maximum Gasteiger partial charge on any atom is 0.272 e. The molecule has 0 N–H and O–H groups in total. The fraction of sp³-hybridized carbons (Fsp3) is 0.400. The van der Waals surface area contributed by atoms with Crippen molar-refractivity contribution in [2.24, 2.45) is 0 Å². The number of aryl methyl sites for hydroxylation is 2. The Labute approximate surface area is 87.8 Å². The first-order chi connectivity index (χ1) is 6.60. The van der Waals surface area contributed by atoms with Gasteiger partial charge in [-0.05, 0) is 24.5 Å². The Morgan fingerprint density at radius 1 is 1.29 bits per heavy atom. The second-order valence-electron chi connectivity index (χ2n) is 3.04. The van der Waals surface area contributed by atoms with E-state index in [0.29, 0.717) is 23.4 Å². The maximum atomic E-state index is 10.7. The lowest BCUT2D eigenvalue weighted by atomic mass is 10.1. The van der Waals surface area contributed by atoms with Gasteiger partial charge in [0.05, 0.1) is 4.92 Å². The molecule has 0 radical (unpaired) electrons. The van der Waals surface area contributed by atoms with Crippen molar-refractivity contribution >= 4 is 17.3 Å². The number of nitrogens with zero attached hydrogens (tertiary/aromatic N) is 1. The molecule has 0 saturated heterocycles. The first kappa shape index (κ1) is 11.0. The summed E-state index contributed by atoms with van der Waals surface area (Å²) in [5.41, 5.74) is 1.70. The van der Waals surface area contributed by atoms with Crippen LogP contribution in [0.4, 0.5) is 5.69 Å². The maximum absolute atomic E-state index is 10.7. The van der Waals surface area contributed by atoms with Crippen LogP contribution in [0.5, 0.6) is 0 Å². The number of nitro benzene ring substituents is 1. The van der Waals surface area contributed by atoms with Crippen molar-refractivity contribution in [2.45, 2.75) is 26.7 Å². The van der Waals surface area contributed by atoms with Gasteiger partial charge in [-0.2, -0.15) is 0 Å². The van der Waals surface area contributed by atoms with Crippen LogP contribution < -0.4 is 0 Å². The molecule has 0 atom stereocenters. The van der Waals surface area contributed by atoms with Gasteiger partial charge in [0.25, 0.3) is 5.69 Å². The van der Waals surface area contributed by atoms with Crippen LogP contribution in [-0.4, -0.2) is 4.92 Å². The molecule has 1 aromatic carbocycles. The van der Waals surface area contributed by atoms with E-state index in [1.807, 2.05) is 13.8 Å².